The van der Waals surface area contributed by atoms with Crippen LogP contribution in [0, 0.1) is 0 Å². The van der Waals surface area contributed by atoms with Crippen LogP contribution in [0.1, 0.15) is 28.4 Å². The number of aryl methyl sites for hydroxylation is 1. The fourth-order valence-corrected chi connectivity index (χ4v) is 2.64. The SMILES string of the molecule is CCc1ccc(C(=O)c2c(Br)ccc(OC)c2OC)cc1. The van der Waals surface area contributed by atoms with Gasteiger partial charge in [0.15, 0.2) is 17.3 Å². The third kappa shape index (κ3) is 3.10. The normalized spacial score (nSPS) is 10.3. The van der Waals surface area contributed by atoms with E-state index in [1.54, 1.807) is 19.2 Å². The van der Waals surface area contributed by atoms with E-state index in [-0.39, 0.29) is 5.78 Å². The van der Waals surface area contributed by atoms with Crippen LogP contribution in [0.4, 0.5) is 0 Å². The summed E-state index contributed by atoms with van der Waals surface area (Å²) in [5, 5.41) is 0. The number of benzene rings is 2. The van der Waals surface area contributed by atoms with E-state index < -0.39 is 0 Å². The molecule has 0 N–H and O–H groups in total. The Hall–Kier alpha value is -1.81. The highest BCUT2D eigenvalue weighted by Crippen LogP contribution is 2.37. The van der Waals surface area contributed by atoms with Crippen LogP contribution in [-0.4, -0.2) is 20.0 Å². The zero-order valence-corrected chi connectivity index (χ0v) is 13.9. The number of carbonyl (C=O) groups excluding carboxylic acids is 1. The molecule has 0 unspecified atom stereocenters. The second-order valence-corrected chi connectivity index (χ2v) is 5.39. The highest BCUT2D eigenvalue weighted by Gasteiger charge is 2.21. The molecular formula is C17H17BrO3. The van der Waals surface area contributed by atoms with Gasteiger partial charge in [-0.15, -0.1) is 0 Å². The average molecular weight is 349 g/mol. The minimum Gasteiger partial charge on any atom is -0.493 e. The van der Waals surface area contributed by atoms with E-state index in [4.69, 9.17) is 9.47 Å². The van der Waals surface area contributed by atoms with Crippen LogP contribution < -0.4 is 9.47 Å². The van der Waals surface area contributed by atoms with E-state index in [1.165, 1.54) is 12.7 Å². The molecule has 110 valence electrons. The van der Waals surface area contributed by atoms with Gasteiger partial charge in [0, 0.05) is 10.0 Å². The predicted molar refractivity (Wildman–Crippen MR) is 86.5 cm³/mol. The fraction of sp³-hybridized carbons (Fsp3) is 0.235. The first-order chi connectivity index (χ1) is 10.1. The lowest BCUT2D eigenvalue weighted by Gasteiger charge is -2.13. The first-order valence-electron chi connectivity index (χ1n) is 6.66. The lowest BCUT2D eigenvalue weighted by molar-refractivity contribution is 0.103. The minimum atomic E-state index is -0.0970. The van der Waals surface area contributed by atoms with E-state index in [0.29, 0.717) is 27.1 Å². The maximum absolute atomic E-state index is 12.7. The second kappa shape index (κ2) is 6.76. The molecule has 21 heavy (non-hydrogen) atoms. The van der Waals surface area contributed by atoms with E-state index in [9.17, 15) is 4.79 Å². The molecule has 0 atom stereocenters. The Kier molecular flexibility index (Phi) is 5.02. The van der Waals surface area contributed by atoms with Gasteiger partial charge in [-0.3, -0.25) is 4.79 Å². The van der Waals surface area contributed by atoms with Gasteiger partial charge in [0.2, 0.25) is 0 Å². The smallest absolute Gasteiger partial charge is 0.198 e. The van der Waals surface area contributed by atoms with Crippen molar-refractivity contribution in [3.63, 3.8) is 0 Å². The summed E-state index contributed by atoms with van der Waals surface area (Å²) < 4.78 is 11.3. The summed E-state index contributed by atoms with van der Waals surface area (Å²) >= 11 is 3.42. The third-order valence-electron chi connectivity index (χ3n) is 3.35. The van der Waals surface area contributed by atoms with Gasteiger partial charge in [0.25, 0.3) is 0 Å². The van der Waals surface area contributed by atoms with Crippen molar-refractivity contribution in [1.82, 2.24) is 0 Å². The fourth-order valence-electron chi connectivity index (χ4n) is 2.15. The molecule has 3 nitrogen and oxygen atoms in total. The van der Waals surface area contributed by atoms with E-state index >= 15 is 0 Å². The minimum absolute atomic E-state index is 0.0970. The number of hydrogen-bond donors (Lipinski definition) is 0. The zero-order chi connectivity index (χ0) is 15.4. The Morgan fingerprint density at radius 2 is 1.71 bits per heavy atom. The van der Waals surface area contributed by atoms with Gasteiger partial charge in [-0.1, -0.05) is 31.2 Å². The highest BCUT2D eigenvalue weighted by atomic mass is 79.9. The number of hydrogen-bond acceptors (Lipinski definition) is 3. The summed E-state index contributed by atoms with van der Waals surface area (Å²) in [6.45, 7) is 2.08. The molecule has 0 bridgehead atoms. The molecule has 0 fully saturated rings. The number of rotatable bonds is 5. The Morgan fingerprint density at radius 3 is 2.24 bits per heavy atom. The van der Waals surface area contributed by atoms with E-state index in [0.717, 1.165) is 6.42 Å². The van der Waals surface area contributed by atoms with Gasteiger partial charge in [0.1, 0.15) is 0 Å². The van der Waals surface area contributed by atoms with Gasteiger partial charge in [0.05, 0.1) is 19.8 Å². The van der Waals surface area contributed by atoms with Crippen LogP contribution in [0.5, 0.6) is 11.5 Å². The molecule has 2 aromatic carbocycles. The Morgan fingerprint density at radius 1 is 1.05 bits per heavy atom. The molecule has 2 aromatic rings. The molecule has 0 aliphatic carbocycles. The van der Waals surface area contributed by atoms with Crippen LogP contribution in [0.2, 0.25) is 0 Å². The quantitative estimate of drug-likeness (QED) is 0.757. The van der Waals surface area contributed by atoms with Crippen LogP contribution >= 0.6 is 15.9 Å². The van der Waals surface area contributed by atoms with Crippen LogP contribution in [0.3, 0.4) is 0 Å². The monoisotopic (exact) mass is 348 g/mol. The topological polar surface area (TPSA) is 35.5 Å². The molecule has 0 amide bonds. The maximum atomic E-state index is 12.7. The molecule has 0 aliphatic heterocycles. The van der Waals surface area contributed by atoms with Crippen molar-refractivity contribution in [2.75, 3.05) is 14.2 Å². The van der Waals surface area contributed by atoms with Crippen molar-refractivity contribution in [3.8, 4) is 11.5 Å². The third-order valence-corrected chi connectivity index (χ3v) is 4.01. The summed E-state index contributed by atoms with van der Waals surface area (Å²) in [6.07, 6.45) is 0.945. The summed E-state index contributed by atoms with van der Waals surface area (Å²) in [7, 11) is 3.08. The number of halogens is 1. The Balaban J connectivity index is 2.51. The number of ketones is 1. The molecule has 4 heteroatoms. The van der Waals surface area contributed by atoms with Crippen molar-refractivity contribution in [3.05, 3.63) is 57.6 Å². The number of ether oxygens (including phenoxy) is 2. The Bertz CT molecular complexity index is 648. The van der Waals surface area contributed by atoms with E-state index in [2.05, 4.69) is 22.9 Å². The summed E-state index contributed by atoms with van der Waals surface area (Å²) in [6, 6.07) is 11.2. The maximum Gasteiger partial charge on any atom is 0.198 e. The summed E-state index contributed by atoms with van der Waals surface area (Å²) in [5.74, 6) is 0.881. The Labute approximate surface area is 133 Å². The van der Waals surface area contributed by atoms with Gasteiger partial charge in [-0.2, -0.15) is 0 Å². The van der Waals surface area contributed by atoms with Crippen molar-refractivity contribution < 1.29 is 14.3 Å². The molecule has 0 aliphatic rings. The van der Waals surface area contributed by atoms with Crippen molar-refractivity contribution in [2.24, 2.45) is 0 Å². The van der Waals surface area contributed by atoms with Crippen LogP contribution in [-0.2, 0) is 6.42 Å². The van der Waals surface area contributed by atoms with Gasteiger partial charge >= 0.3 is 0 Å². The second-order valence-electron chi connectivity index (χ2n) is 4.54. The standard InChI is InChI=1S/C17H17BrO3/c1-4-11-5-7-12(8-6-11)16(19)15-13(18)9-10-14(20-2)17(15)21-3/h5-10H,4H2,1-3H3. The van der Waals surface area contributed by atoms with Gasteiger partial charge in [-0.05, 0) is 40.0 Å². The molecule has 0 saturated heterocycles. The lowest BCUT2D eigenvalue weighted by Crippen LogP contribution is -2.06. The lowest BCUT2D eigenvalue weighted by atomic mass is 10.0. The number of methoxy groups -OCH3 is 2. The molecular weight excluding hydrogens is 332 g/mol. The summed E-state index contributed by atoms with van der Waals surface area (Å²) in [5.41, 5.74) is 2.30. The molecule has 0 radical (unpaired) electrons. The highest BCUT2D eigenvalue weighted by molar-refractivity contribution is 9.10. The predicted octanol–water partition coefficient (Wildman–Crippen LogP) is 4.26. The summed E-state index contributed by atoms with van der Waals surface area (Å²) in [4.78, 5) is 12.7. The molecule has 0 heterocycles. The molecule has 0 aromatic heterocycles. The first kappa shape index (κ1) is 15.6. The number of carbonyl (C=O) groups is 1. The molecule has 0 spiro atoms. The van der Waals surface area contributed by atoms with Crippen LogP contribution in [0.25, 0.3) is 0 Å². The largest absolute Gasteiger partial charge is 0.493 e. The zero-order valence-electron chi connectivity index (χ0n) is 12.3. The van der Waals surface area contributed by atoms with Gasteiger partial charge in [-0.25, -0.2) is 0 Å². The van der Waals surface area contributed by atoms with Crippen molar-refractivity contribution in [2.45, 2.75) is 13.3 Å². The van der Waals surface area contributed by atoms with Gasteiger partial charge < -0.3 is 9.47 Å². The molecule has 2 rings (SSSR count). The average Bonchev–Trinajstić information content (AvgIpc) is 2.53. The first-order valence-corrected chi connectivity index (χ1v) is 7.45. The molecule has 0 saturated carbocycles. The van der Waals surface area contributed by atoms with Crippen molar-refractivity contribution >= 4 is 21.7 Å². The van der Waals surface area contributed by atoms with E-state index in [1.807, 2.05) is 24.3 Å². The van der Waals surface area contributed by atoms with Crippen LogP contribution in [0.15, 0.2) is 40.9 Å². The van der Waals surface area contributed by atoms with Crippen molar-refractivity contribution in [1.29, 1.82) is 0 Å².